The molecule has 8 rings (SSSR count). The fraction of sp³-hybridized carbons (Fsp3) is 0.850. The lowest BCUT2D eigenvalue weighted by molar-refractivity contribution is -0.554. The summed E-state index contributed by atoms with van der Waals surface area (Å²) in [5, 5.41) is 34.3. The molecule has 0 radical (unpaired) electrons. The standard InChI is InChI=1S/C20H26O6/c1-8-9-7-10(21)11-18-6-4-5-17(2,3)12(18)14(23)20(24)19(11,13(8)22)15(9)25-16(18)26-20/h9-12,14-16,21,23-24H,1,4-7H2,2-3H3/t9-,10-,11-,12+,14-,15-,16-,18+,19-,20+/m0/s1. The van der Waals surface area contributed by atoms with Gasteiger partial charge in [0.15, 0.2) is 12.1 Å². The number of ketones is 1. The molecule has 0 aromatic heterocycles. The lowest BCUT2D eigenvalue weighted by Crippen LogP contribution is -2.91. The van der Waals surface area contributed by atoms with Gasteiger partial charge in [0, 0.05) is 23.2 Å². The van der Waals surface area contributed by atoms with Gasteiger partial charge in [-0.2, -0.15) is 0 Å². The minimum absolute atomic E-state index is 0.249. The Morgan fingerprint density at radius 2 is 1.92 bits per heavy atom. The largest absolute Gasteiger partial charge is 0.393 e. The van der Waals surface area contributed by atoms with Crippen molar-refractivity contribution >= 4 is 5.78 Å². The number of rotatable bonds is 0. The summed E-state index contributed by atoms with van der Waals surface area (Å²) in [4.78, 5) is 13.5. The third-order valence-corrected chi connectivity index (χ3v) is 9.04. The van der Waals surface area contributed by atoms with Crippen molar-refractivity contribution in [2.45, 2.75) is 69.9 Å². The molecule has 0 unspecified atom stereocenters. The molecule has 6 heteroatoms. The number of aliphatic hydroxyl groups is 3. The Kier molecular flexibility index (Phi) is 2.57. The molecule has 4 heterocycles. The number of carbonyl (C=O) groups excluding carboxylic acids is 1. The summed E-state index contributed by atoms with van der Waals surface area (Å²) in [6.07, 6.45) is -0.195. The Morgan fingerprint density at radius 1 is 1.19 bits per heavy atom. The van der Waals surface area contributed by atoms with Gasteiger partial charge in [0.05, 0.1) is 12.2 Å². The molecule has 0 aromatic rings. The highest BCUT2D eigenvalue weighted by molar-refractivity contribution is 6.05. The van der Waals surface area contributed by atoms with Crippen LogP contribution in [0.25, 0.3) is 0 Å². The molecule has 6 nitrogen and oxygen atoms in total. The summed E-state index contributed by atoms with van der Waals surface area (Å²) >= 11 is 0. The molecule has 0 amide bonds. The number of ether oxygens (including phenoxy) is 2. The molecule has 8 fully saturated rings. The molecule has 0 aromatic carbocycles. The van der Waals surface area contributed by atoms with Crippen LogP contribution >= 0.6 is 0 Å². The van der Waals surface area contributed by atoms with E-state index in [2.05, 4.69) is 20.4 Å². The Balaban J connectivity index is 1.70. The van der Waals surface area contributed by atoms with Gasteiger partial charge in [0.2, 0.25) is 5.79 Å². The molecule has 4 aliphatic heterocycles. The van der Waals surface area contributed by atoms with Gasteiger partial charge >= 0.3 is 0 Å². The Hall–Kier alpha value is -0.790. The Bertz CT molecular complexity index is 761. The maximum atomic E-state index is 13.5. The summed E-state index contributed by atoms with van der Waals surface area (Å²) in [6, 6.07) is 0. The van der Waals surface area contributed by atoms with E-state index < -0.39 is 47.1 Å². The van der Waals surface area contributed by atoms with Crippen molar-refractivity contribution in [1.29, 1.82) is 0 Å². The van der Waals surface area contributed by atoms with Gasteiger partial charge in [0.1, 0.15) is 11.5 Å². The zero-order valence-corrected chi connectivity index (χ0v) is 15.1. The van der Waals surface area contributed by atoms with E-state index in [9.17, 15) is 20.1 Å². The maximum absolute atomic E-state index is 13.5. The van der Waals surface area contributed by atoms with E-state index in [0.717, 1.165) is 19.3 Å². The smallest absolute Gasteiger partial charge is 0.211 e. The van der Waals surface area contributed by atoms with E-state index in [1.807, 2.05) is 0 Å². The molecule has 4 saturated carbocycles. The third-order valence-electron chi connectivity index (χ3n) is 9.04. The summed E-state index contributed by atoms with van der Waals surface area (Å²) in [7, 11) is 0. The molecule has 4 saturated heterocycles. The number of hydrogen-bond donors (Lipinski definition) is 3. The van der Waals surface area contributed by atoms with Crippen molar-refractivity contribution in [3.05, 3.63) is 12.2 Å². The summed E-state index contributed by atoms with van der Waals surface area (Å²) in [5.74, 6) is -3.38. The second-order valence-corrected chi connectivity index (χ2v) is 10.2. The molecular formula is C20H26O6. The van der Waals surface area contributed by atoms with Crippen LogP contribution in [0.4, 0.5) is 0 Å². The number of aliphatic hydroxyl groups excluding tert-OH is 2. The molecule has 10 atom stereocenters. The summed E-state index contributed by atoms with van der Waals surface area (Å²) in [5.41, 5.74) is -1.95. The minimum Gasteiger partial charge on any atom is -0.393 e. The van der Waals surface area contributed by atoms with Crippen LogP contribution in [0.2, 0.25) is 0 Å². The van der Waals surface area contributed by atoms with Crippen LogP contribution in [0.1, 0.15) is 39.5 Å². The Labute approximate surface area is 152 Å². The average Bonchev–Trinajstić information content (AvgIpc) is 2.70. The van der Waals surface area contributed by atoms with Crippen molar-refractivity contribution in [2.24, 2.45) is 34.0 Å². The highest BCUT2D eigenvalue weighted by atomic mass is 16.8. The topological polar surface area (TPSA) is 96.2 Å². The molecule has 4 aliphatic carbocycles. The minimum atomic E-state index is -2.03. The normalized spacial score (nSPS) is 64.0. The first-order chi connectivity index (χ1) is 12.1. The van der Waals surface area contributed by atoms with Gasteiger partial charge in [-0.1, -0.05) is 26.8 Å². The fourth-order valence-corrected chi connectivity index (χ4v) is 8.49. The molecule has 26 heavy (non-hydrogen) atoms. The second kappa shape index (κ2) is 4.13. The predicted octanol–water partition coefficient (Wildman–Crippen LogP) is 0.740. The van der Waals surface area contributed by atoms with E-state index >= 15 is 0 Å². The monoisotopic (exact) mass is 362 g/mol. The van der Waals surface area contributed by atoms with Crippen LogP contribution in [0.3, 0.4) is 0 Å². The van der Waals surface area contributed by atoms with Crippen LogP contribution in [0.5, 0.6) is 0 Å². The zero-order valence-electron chi connectivity index (χ0n) is 15.1. The fourth-order valence-electron chi connectivity index (χ4n) is 8.49. The molecule has 3 N–H and O–H groups in total. The maximum Gasteiger partial charge on any atom is 0.211 e. The van der Waals surface area contributed by atoms with Crippen LogP contribution < -0.4 is 0 Å². The van der Waals surface area contributed by atoms with Crippen LogP contribution in [0.15, 0.2) is 12.2 Å². The first-order valence-electron chi connectivity index (χ1n) is 9.79. The van der Waals surface area contributed by atoms with Gasteiger partial charge < -0.3 is 24.8 Å². The van der Waals surface area contributed by atoms with Crippen molar-refractivity contribution in [1.82, 2.24) is 0 Å². The second-order valence-electron chi connectivity index (χ2n) is 10.2. The predicted molar refractivity (Wildman–Crippen MR) is 88.4 cm³/mol. The van der Waals surface area contributed by atoms with Gasteiger partial charge in [-0.25, -0.2) is 0 Å². The SMILES string of the molecule is C=C1C(=O)[C@@]23[C@H]4O[C@H]5O[C@]2(O)[C@@H](O)[C@@H]2C(C)(C)CCC[C@]52[C@@H]3[C@@H](O)C[C@@H]14. The van der Waals surface area contributed by atoms with Gasteiger partial charge in [-0.3, -0.25) is 4.79 Å². The summed E-state index contributed by atoms with van der Waals surface area (Å²) in [6.45, 7) is 8.16. The first-order valence-corrected chi connectivity index (χ1v) is 9.79. The van der Waals surface area contributed by atoms with E-state index in [-0.39, 0.29) is 23.0 Å². The third kappa shape index (κ3) is 1.21. The van der Waals surface area contributed by atoms with Crippen LogP contribution in [-0.2, 0) is 14.3 Å². The molecule has 7 bridgehead atoms. The van der Waals surface area contributed by atoms with E-state index in [0.29, 0.717) is 12.0 Å². The highest BCUT2D eigenvalue weighted by Crippen LogP contribution is 2.81. The highest BCUT2D eigenvalue weighted by Gasteiger charge is 2.92. The van der Waals surface area contributed by atoms with Crippen molar-refractivity contribution in [3.8, 4) is 0 Å². The molecule has 2 spiro atoms. The zero-order chi connectivity index (χ0) is 18.4. The van der Waals surface area contributed by atoms with Crippen molar-refractivity contribution in [3.63, 3.8) is 0 Å². The van der Waals surface area contributed by atoms with Gasteiger partial charge in [-0.05, 0) is 30.3 Å². The van der Waals surface area contributed by atoms with Crippen molar-refractivity contribution in [2.75, 3.05) is 0 Å². The van der Waals surface area contributed by atoms with E-state index in [4.69, 9.17) is 9.47 Å². The van der Waals surface area contributed by atoms with Crippen LogP contribution in [0, 0.1) is 34.0 Å². The quantitative estimate of drug-likeness (QED) is 0.550. The van der Waals surface area contributed by atoms with E-state index in [1.165, 1.54) is 0 Å². The van der Waals surface area contributed by atoms with E-state index in [1.54, 1.807) is 0 Å². The van der Waals surface area contributed by atoms with Gasteiger partial charge in [0.25, 0.3) is 0 Å². The van der Waals surface area contributed by atoms with Crippen molar-refractivity contribution < 1.29 is 29.6 Å². The lowest BCUT2D eigenvalue weighted by atomic mass is 9.34. The molecule has 8 aliphatic rings. The summed E-state index contributed by atoms with van der Waals surface area (Å²) < 4.78 is 12.3. The lowest BCUT2D eigenvalue weighted by Gasteiger charge is -2.79. The first kappa shape index (κ1) is 16.2. The average molecular weight is 362 g/mol. The number of Topliss-reactive ketones (excluding diaryl/α,β-unsaturated/α-hetero) is 1. The number of carbonyl (C=O) groups is 1. The van der Waals surface area contributed by atoms with Gasteiger partial charge in [-0.15, -0.1) is 0 Å². The Morgan fingerprint density at radius 3 is 2.65 bits per heavy atom. The molecule has 142 valence electrons. The van der Waals surface area contributed by atoms with Crippen LogP contribution in [-0.4, -0.2) is 51.5 Å². The number of hydrogen-bond acceptors (Lipinski definition) is 6. The molecular weight excluding hydrogens is 336 g/mol.